The molecular formula is C15H16F2N2O. The standard InChI is InChI=1S/C15H16F2N2O/c16-14-6-13(7-15(17)8-14)11-19(4-5-20)10-12-2-1-3-18-9-12/h1-3,6-9,20H,4-5,10-11H2. The van der Waals surface area contributed by atoms with Gasteiger partial charge in [0.05, 0.1) is 6.61 Å². The molecule has 2 rings (SSSR count). The van der Waals surface area contributed by atoms with Crippen LogP contribution in [0.4, 0.5) is 8.78 Å². The molecule has 1 heterocycles. The molecule has 0 atom stereocenters. The van der Waals surface area contributed by atoms with Crippen molar-refractivity contribution in [3.05, 3.63) is 65.5 Å². The average molecular weight is 278 g/mol. The molecule has 1 aromatic carbocycles. The fourth-order valence-electron chi connectivity index (χ4n) is 2.07. The van der Waals surface area contributed by atoms with E-state index in [-0.39, 0.29) is 6.61 Å². The van der Waals surface area contributed by atoms with Crippen molar-refractivity contribution in [3.8, 4) is 0 Å². The van der Waals surface area contributed by atoms with Gasteiger partial charge in [-0.1, -0.05) is 6.07 Å². The Bertz CT molecular complexity index is 529. The number of pyridine rings is 1. The van der Waals surface area contributed by atoms with E-state index in [1.807, 2.05) is 17.0 Å². The zero-order chi connectivity index (χ0) is 14.4. The van der Waals surface area contributed by atoms with Crippen molar-refractivity contribution in [2.75, 3.05) is 13.2 Å². The highest BCUT2D eigenvalue weighted by Crippen LogP contribution is 2.12. The van der Waals surface area contributed by atoms with Crippen molar-refractivity contribution in [2.45, 2.75) is 13.1 Å². The molecular weight excluding hydrogens is 262 g/mol. The summed E-state index contributed by atoms with van der Waals surface area (Å²) < 4.78 is 26.3. The van der Waals surface area contributed by atoms with Gasteiger partial charge >= 0.3 is 0 Å². The van der Waals surface area contributed by atoms with Crippen molar-refractivity contribution in [3.63, 3.8) is 0 Å². The summed E-state index contributed by atoms with van der Waals surface area (Å²) in [7, 11) is 0. The van der Waals surface area contributed by atoms with Crippen LogP contribution in [-0.2, 0) is 13.1 Å². The third-order valence-corrected chi connectivity index (χ3v) is 2.87. The first-order valence-corrected chi connectivity index (χ1v) is 6.34. The van der Waals surface area contributed by atoms with Gasteiger partial charge in [-0.3, -0.25) is 9.88 Å². The van der Waals surface area contributed by atoms with Crippen LogP contribution in [0.2, 0.25) is 0 Å². The minimum Gasteiger partial charge on any atom is -0.395 e. The number of halogens is 2. The topological polar surface area (TPSA) is 36.4 Å². The summed E-state index contributed by atoms with van der Waals surface area (Å²) in [6, 6.07) is 7.20. The maximum Gasteiger partial charge on any atom is 0.126 e. The maximum absolute atomic E-state index is 13.2. The van der Waals surface area contributed by atoms with E-state index < -0.39 is 11.6 Å². The molecule has 1 N–H and O–H groups in total. The molecule has 0 aliphatic carbocycles. The highest BCUT2D eigenvalue weighted by atomic mass is 19.1. The molecule has 0 aliphatic rings. The van der Waals surface area contributed by atoms with Gasteiger partial charge in [0.2, 0.25) is 0 Å². The number of aliphatic hydroxyl groups is 1. The van der Waals surface area contributed by atoms with E-state index in [4.69, 9.17) is 5.11 Å². The predicted octanol–water partition coefficient (Wildman–Crippen LogP) is 2.35. The van der Waals surface area contributed by atoms with E-state index in [9.17, 15) is 8.78 Å². The van der Waals surface area contributed by atoms with Crippen LogP contribution in [0.5, 0.6) is 0 Å². The first-order valence-electron chi connectivity index (χ1n) is 6.34. The lowest BCUT2D eigenvalue weighted by Gasteiger charge is -2.21. The fourth-order valence-corrected chi connectivity index (χ4v) is 2.07. The highest BCUT2D eigenvalue weighted by molar-refractivity contribution is 5.18. The van der Waals surface area contributed by atoms with Crippen molar-refractivity contribution in [1.82, 2.24) is 9.88 Å². The Morgan fingerprint density at radius 2 is 1.75 bits per heavy atom. The molecule has 5 heteroatoms. The average Bonchev–Trinajstić information content (AvgIpc) is 2.39. The summed E-state index contributed by atoms with van der Waals surface area (Å²) in [4.78, 5) is 5.93. The van der Waals surface area contributed by atoms with Crippen LogP contribution in [0, 0.1) is 11.6 Å². The molecule has 20 heavy (non-hydrogen) atoms. The second-order valence-electron chi connectivity index (χ2n) is 4.57. The third-order valence-electron chi connectivity index (χ3n) is 2.87. The molecule has 0 radical (unpaired) electrons. The first-order chi connectivity index (χ1) is 9.67. The Morgan fingerprint density at radius 3 is 2.35 bits per heavy atom. The second-order valence-corrected chi connectivity index (χ2v) is 4.57. The predicted molar refractivity (Wildman–Crippen MR) is 71.8 cm³/mol. The minimum absolute atomic E-state index is 0.0158. The number of benzene rings is 1. The van der Waals surface area contributed by atoms with Gasteiger partial charge in [0.1, 0.15) is 11.6 Å². The van der Waals surface area contributed by atoms with E-state index in [1.165, 1.54) is 12.1 Å². The van der Waals surface area contributed by atoms with Crippen LogP contribution >= 0.6 is 0 Å². The van der Waals surface area contributed by atoms with Crippen LogP contribution in [0.3, 0.4) is 0 Å². The summed E-state index contributed by atoms with van der Waals surface area (Å²) in [5.41, 5.74) is 1.53. The molecule has 0 fully saturated rings. The van der Waals surface area contributed by atoms with Gasteiger partial charge in [0.15, 0.2) is 0 Å². The van der Waals surface area contributed by atoms with E-state index in [0.717, 1.165) is 11.6 Å². The molecule has 106 valence electrons. The number of nitrogens with zero attached hydrogens (tertiary/aromatic N) is 2. The van der Waals surface area contributed by atoms with E-state index in [1.54, 1.807) is 12.4 Å². The van der Waals surface area contributed by atoms with E-state index >= 15 is 0 Å². The number of aromatic nitrogens is 1. The molecule has 0 bridgehead atoms. The SMILES string of the molecule is OCCN(Cc1cccnc1)Cc1cc(F)cc(F)c1. The van der Waals surface area contributed by atoms with Crippen molar-refractivity contribution in [2.24, 2.45) is 0 Å². The molecule has 0 unspecified atom stereocenters. The molecule has 0 spiro atoms. The van der Waals surface area contributed by atoms with Gasteiger partial charge in [-0.15, -0.1) is 0 Å². The van der Waals surface area contributed by atoms with Crippen LogP contribution in [0.25, 0.3) is 0 Å². The monoisotopic (exact) mass is 278 g/mol. The Hall–Kier alpha value is -1.85. The highest BCUT2D eigenvalue weighted by Gasteiger charge is 2.09. The smallest absolute Gasteiger partial charge is 0.126 e. The van der Waals surface area contributed by atoms with Crippen molar-refractivity contribution < 1.29 is 13.9 Å². The second kappa shape index (κ2) is 7.07. The fraction of sp³-hybridized carbons (Fsp3) is 0.267. The lowest BCUT2D eigenvalue weighted by atomic mass is 10.2. The van der Waals surface area contributed by atoms with Gasteiger partial charge in [-0.05, 0) is 29.3 Å². The Balaban J connectivity index is 2.08. The van der Waals surface area contributed by atoms with Crippen LogP contribution < -0.4 is 0 Å². The third kappa shape index (κ3) is 4.36. The van der Waals surface area contributed by atoms with Gasteiger partial charge in [0, 0.05) is 38.1 Å². The minimum atomic E-state index is -0.592. The number of aliphatic hydroxyl groups excluding tert-OH is 1. The summed E-state index contributed by atoms with van der Waals surface area (Å²) in [5, 5.41) is 9.10. The Labute approximate surface area is 116 Å². The van der Waals surface area contributed by atoms with E-state index in [0.29, 0.717) is 25.2 Å². The van der Waals surface area contributed by atoms with Crippen LogP contribution in [0.1, 0.15) is 11.1 Å². The van der Waals surface area contributed by atoms with Crippen molar-refractivity contribution in [1.29, 1.82) is 0 Å². The quantitative estimate of drug-likeness (QED) is 0.881. The molecule has 0 aliphatic heterocycles. The molecule has 0 saturated carbocycles. The lowest BCUT2D eigenvalue weighted by Crippen LogP contribution is -2.26. The number of hydrogen-bond acceptors (Lipinski definition) is 3. The molecule has 2 aromatic rings. The van der Waals surface area contributed by atoms with E-state index in [2.05, 4.69) is 4.98 Å². The molecule has 3 nitrogen and oxygen atoms in total. The number of rotatable bonds is 6. The Morgan fingerprint density at radius 1 is 1.05 bits per heavy atom. The zero-order valence-corrected chi connectivity index (χ0v) is 11.0. The van der Waals surface area contributed by atoms with Gasteiger partial charge in [-0.25, -0.2) is 8.78 Å². The van der Waals surface area contributed by atoms with Gasteiger partial charge in [0.25, 0.3) is 0 Å². The summed E-state index contributed by atoms with van der Waals surface area (Å²) in [6.45, 7) is 1.34. The summed E-state index contributed by atoms with van der Waals surface area (Å²) in [5.74, 6) is -1.18. The molecule has 0 saturated heterocycles. The maximum atomic E-state index is 13.2. The van der Waals surface area contributed by atoms with Crippen LogP contribution in [-0.4, -0.2) is 28.1 Å². The van der Waals surface area contributed by atoms with Gasteiger partial charge in [-0.2, -0.15) is 0 Å². The summed E-state index contributed by atoms with van der Waals surface area (Å²) >= 11 is 0. The summed E-state index contributed by atoms with van der Waals surface area (Å²) in [6.07, 6.45) is 3.42. The molecule has 1 aromatic heterocycles. The largest absolute Gasteiger partial charge is 0.395 e. The van der Waals surface area contributed by atoms with Gasteiger partial charge < -0.3 is 5.11 Å². The Kier molecular flexibility index (Phi) is 5.15. The lowest BCUT2D eigenvalue weighted by molar-refractivity contribution is 0.184. The first kappa shape index (κ1) is 14.6. The number of hydrogen-bond donors (Lipinski definition) is 1. The normalized spacial score (nSPS) is 11.0. The molecule has 0 amide bonds. The van der Waals surface area contributed by atoms with Crippen molar-refractivity contribution >= 4 is 0 Å². The zero-order valence-electron chi connectivity index (χ0n) is 11.0. The van der Waals surface area contributed by atoms with Crippen LogP contribution in [0.15, 0.2) is 42.7 Å².